The van der Waals surface area contributed by atoms with Crippen LogP contribution >= 0.6 is 0 Å². The summed E-state index contributed by atoms with van der Waals surface area (Å²) in [5, 5.41) is 0. The molecule has 0 aliphatic heterocycles. The van der Waals surface area contributed by atoms with Crippen molar-refractivity contribution in [2.45, 2.75) is 24.8 Å². The van der Waals surface area contributed by atoms with Crippen molar-refractivity contribution < 1.29 is 17.2 Å². The van der Waals surface area contributed by atoms with Crippen LogP contribution in [-0.2, 0) is 10.0 Å². The number of sulfonamides is 1. The van der Waals surface area contributed by atoms with Gasteiger partial charge in [-0.15, -0.1) is 0 Å². The highest BCUT2D eigenvalue weighted by Crippen LogP contribution is 2.19. The van der Waals surface area contributed by atoms with Crippen molar-refractivity contribution in [2.75, 3.05) is 0 Å². The van der Waals surface area contributed by atoms with Crippen LogP contribution in [0.1, 0.15) is 24.1 Å². The van der Waals surface area contributed by atoms with E-state index in [1.807, 2.05) is 6.92 Å². The smallest absolute Gasteiger partial charge is 0.207 e. The van der Waals surface area contributed by atoms with Crippen LogP contribution in [-0.4, -0.2) is 8.42 Å². The first-order valence-corrected chi connectivity index (χ1v) is 7.82. The van der Waals surface area contributed by atoms with E-state index in [-0.39, 0.29) is 4.90 Å². The van der Waals surface area contributed by atoms with Gasteiger partial charge in [-0.25, -0.2) is 21.9 Å². The molecule has 0 spiro atoms. The number of hydrogen-bond acceptors (Lipinski definition) is 2. The summed E-state index contributed by atoms with van der Waals surface area (Å²) in [7, 11) is -3.71. The third-order valence-electron chi connectivity index (χ3n) is 3.11. The third kappa shape index (κ3) is 3.65. The zero-order chi connectivity index (χ0) is 15.6. The Kier molecular flexibility index (Phi) is 4.39. The minimum Gasteiger partial charge on any atom is -0.207 e. The number of nitrogens with one attached hydrogen (secondary N) is 1. The van der Waals surface area contributed by atoms with E-state index in [1.54, 1.807) is 19.1 Å². The Morgan fingerprint density at radius 3 is 2.19 bits per heavy atom. The van der Waals surface area contributed by atoms with E-state index in [4.69, 9.17) is 0 Å². The van der Waals surface area contributed by atoms with E-state index in [0.29, 0.717) is 5.56 Å². The summed E-state index contributed by atoms with van der Waals surface area (Å²) < 4.78 is 52.9. The number of hydrogen-bond donors (Lipinski definition) is 1. The Bertz CT molecular complexity index is 743. The lowest BCUT2D eigenvalue weighted by atomic mass is 10.1. The molecule has 0 unspecified atom stereocenters. The summed E-state index contributed by atoms with van der Waals surface area (Å²) in [6, 6.07) is 9.00. The fraction of sp³-hybridized carbons (Fsp3) is 0.200. The summed E-state index contributed by atoms with van der Waals surface area (Å²) >= 11 is 0. The van der Waals surface area contributed by atoms with Gasteiger partial charge in [-0.3, -0.25) is 0 Å². The van der Waals surface area contributed by atoms with Crippen LogP contribution in [0.25, 0.3) is 0 Å². The quantitative estimate of drug-likeness (QED) is 0.941. The molecule has 0 radical (unpaired) electrons. The second-order valence-electron chi connectivity index (χ2n) is 4.83. The van der Waals surface area contributed by atoms with Gasteiger partial charge < -0.3 is 0 Å². The van der Waals surface area contributed by atoms with Gasteiger partial charge in [0.25, 0.3) is 0 Å². The molecule has 0 saturated carbocycles. The maximum absolute atomic E-state index is 13.2. The van der Waals surface area contributed by atoms with E-state index in [9.17, 15) is 17.2 Å². The Morgan fingerprint density at radius 2 is 1.62 bits per heavy atom. The number of rotatable bonds is 4. The lowest BCUT2D eigenvalue weighted by Crippen LogP contribution is -2.27. The number of benzene rings is 2. The largest absolute Gasteiger partial charge is 0.241 e. The van der Waals surface area contributed by atoms with Crippen molar-refractivity contribution in [3.8, 4) is 0 Å². The van der Waals surface area contributed by atoms with Crippen molar-refractivity contribution in [1.82, 2.24) is 4.72 Å². The third-order valence-corrected chi connectivity index (χ3v) is 4.66. The van der Waals surface area contributed by atoms with Crippen LogP contribution < -0.4 is 4.72 Å². The molecule has 0 aliphatic rings. The molecule has 0 aliphatic carbocycles. The van der Waals surface area contributed by atoms with Gasteiger partial charge in [0.05, 0.1) is 4.90 Å². The zero-order valence-electron chi connectivity index (χ0n) is 11.6. The van der Waals surface area contributed by atoms with Gasteiger partial charge >= 0.3 is 0 Å². The van der Waals surface area contributed by atoms with Gasteiger partial charge in [-0.1, -0.05) is 23.8 Å². The van der Waals surface area contributed by atoms with Crippen LogP contribution in [0.5, 0.6) is 0 Å². The predicted octanol–water partition coefficient (Wildman–Crippen LogP) is 3.31. The molecule has 0 saturated heterocycles. The van der Waals surface area contributed by atoms with Crippen molar-refractivity contribution in [1.29, 1.82) is 0 Å². The highest BCUT2D eigenvalue weighted by atomic mass is 32.2. The number of aryl methyl sites for hydroxylation is 1. The molecule has 2 rings (SSSR count). The SMILES string of the molecule is Cc1ccc(S(=O)(=O)N[C@@H](C)c2ccc(F)c(F)c2)cc1. The molecule has 0 aromatic heterocycles. The molecule has 0 amide bonds. The molecule has 0 fully saturated rings. The molecule has 3 nitrogen and oxygen atoms in total. The van der Waals surface area contributed by atoms with E-state index in [0.717, 1.165) is 17.7 Å². The average molecular weight is 311 g/mol. The van der Waals surface area contributed by atoms with E-state index in [2.05, 4.69) is 4.72 Å². The van der Waals surface area contributed by atoms with Crippen molar-refractivity contribution in [3.63, 3.8) is 0 Å². The first-order valence-electron chi connectivity index (χ1n) is 6.33. The van der Waals surface area contributed by atoms with Gasteiger partial charge in [0.2, 0.25) is 10.0 Å². The molecule has 0 bridgehead atoms. The van der Waals surface area contributed by atoms with Crippen LogP contribution in [0.4, 0.5) is 8.78 Å². The fourth-order valence-electron chi connectivity index (χ4n) is 1.87. The standard InChI is InChI=1S/C15H15F2NO2S/c1-10-3-6-13(7-4-10)21(19,20)18-11(2)12-5-8-14(16)15(17)9-12/h3-9,11,18H,1-2H3/t11-/m0/s1. The lowest BCUT2D eigenvalue weighted by molar-refractivity contribution is 0.504. The Balaban J connectivity index is 2.23. The molecule has 6 heteroatoms. The van der Waals surface area contributed by atoms with Gasteiger partial charge in [0.15, 0.2) is 11.6 Å². The fourth-order valence-corrected chi connectivity index (χ4v) is 3.10. The molecule has 112 valence electrons. The van der Waals surface area contributed by atoms with Crippen LogP contribution in [0.15, 0.2) is 47.4 Å². The van der Waals surface area contributed by atoms with Crippen molar-refractivity contribution >= 4 is 10.0 Å². The predicted molar refractivity (Wildman–Crippen MR) is 76.3 cm³/mol. The molecule has 21 heavy (non-hydrogen) atoms. The second-order valence-corrected chi connectivity index (χ2v) is 6.54. The van der Waals surface area contributed by atoms with Crippen LogP contribution in [0.2, 0.25) is 0 Å². The van der Waals surface area contributed by atoms with Gasteiger partial charge in [-0.05, 0) is 43.7 Å². The highest BCUT2D eigenvalue weighted by Gasteiger charge is 2.19. The summed E-state index contributed by atoms with van der Waals surface area (Å²) in [5.41, 5.74) is 1.30. The van der Waals surface area contributed by atoms with Gasteiger partial charge in [0.1, 0.15) is 0 Å². The van der Waals surface area contributed by atoms with Crippen LogP contribution in [0, 0.1) is 18.6 Å². The molecule has 0 heterocycles. The van der Waals surface area contributed by atoms with Crippen molar-refractivity contribution in [2.24, 2.45) is 0 Å². The molecular weight excluding hydrogens is 296 g/mol. The summed E-state index contributed by atoms with van der Waals surface area (Å²) in [6.07, 6.45) is 0. The minimum atomic E-state index is -3.71. The first-order chi connectivity index (χ1) is 9.79. The van der Waals surface area contributed by atoms with E-state index < -0.39 is 27.7 Å². The van der Waals surface area contributed by atoms with Crippen molar-refractivity contribution in [3.05, 3.63) is 65.2 Å². The van der Waals surface area contributed by atoms with E-state index in [1.165, 1.54) is 18.2 Å². The molecule has 1 atom stereocenters. The highest BCUT2D eigenvalue weighted by molar-refractivity contribution is 7.89. The lowest BCUT2D eigenvalue weighted by Gasteiger charge is -2.15. The van der Waals surface area contributed by atoms with E-state index >= 15 is 0 Å². The molecular formula is C15H15F2NO2S. The summed E-state index contributed by atoms with van der Waals surface area (Å²) in [6.45, 7) is 3.42. The normalized spacial score (nSPS) is 13.1. The van der Waals surface area contributed by atoms with Gasteiger partial charge in [-0.2, -0.15) is 0 Å². The average Bonchev–Trinajstić information content (AvgIpc) is 2.41. The maximum Gasteiger partial charge on any atom is 0.241 e. The summed E-state index contributed by atoms with van der Waals surface area (Å²) in [5.74, 6) is -1.97. The van der Waals surface area contributed by atoms with Gasteiger partial charge in [0, 0.05) is 6.04 Å². The minimum absolute atomic E-state index is 0.127. The second kappa shape index (κ2) is 5.91. The molecule has 1 N–H and O–H groups in total. The molecule has 2 aromatic rings. The first kappa shape index (κ1) is 15.6. The molecule has 2 aromatic carbocycles. The number of halogens is 2. The Labute approximate surface area is 122 Å². The monoisotopic (exact) mass is 311 g/mol. The maximum atomic E-state index is 13.2. The Hall–Kier alpha value is -1.79. The summed E-state index contributed by atoms with van der Waals surface area (Å²) in [4.78, 5) is 0.127. The Morgan fingerprint density at radius 1 is 1.00 bits per heavy atom. The zero-order valence-corrected chi connectivity index (χ0v) is 12.4. The van der Waals surface area contributed by atoms with Crippen LogP contribution in [0.3, 0.4) is 0 Å². The topological polar surface area (TPSA) is 46.2 Å².